The third-order valence-corrected chi connectivity index (χ3v) is 3.14. The molecule has 1 aromatic rings. The average molecular weight is 271 g/mol. The Kier molecular flexibility index (Phi) is 5.99. The summed E-state index contributed by atoms with van der Waals surface area (Å²) in [5.74, 6) is -0.351. The molecule has 0 saturated carbocycles. The van der Waals surface area contributed by atoms with E-state index in [4.69, 9.17) is 21.4 Å². The quantitative estimate of drug-likeness (QED) is 0.817. The van der Waals surface area contributed by atoms with Crippen LogP contribution in [0.3, 0.4) is 0 Å². The minimum atomic E-state index is -0.920. The Balaban J connectivity index is 2.77. The Bertz CT molecular complexity index is 404. The van der Waals surface area contributed by atoms with E-state index in [2.05, 4.69) is 0 Å². The predicted molar refractivity (Wildman–Crippen MR) is 72.4 cm³/mol. The number of carboxylic acids is 1. The Morgan fingerprint density at radius 1 is 1.44 bits per heavy atom. The number of carbonyl (C=O) groups is 1. The third-order valence-electron chi connectivity index (χ3n) is 2.77. The van der Waals surface area contributed by atoms with Crippen LogP contribution in [-0.4, -0.2) is 17.2 Å². The van der Waals surface area contributed by atoms with Gasteiger partial charge in [0.2, 0.25) is 0 Å². The van der Waals surface area contributed by atoms with Gasteiger partial charge < -0.3 is 9.84 Å². The van der Waals surface area contributed by atoms with Gasteiger partial charge in [0.25, 0.3) is 0 Å². The van der Waals surface area contributed by atoms with Crippen molar-refractivity contribution in [2.24, 2.45) is 0 Å². The van der Waals surface area contributed by atoms with E-state index in [1.807, 2.05) is 19.9 Å². The topological polar surface area (TPSA) is 46.5 Å². The molecular formula is C14H19ClO3. The normalized spacial score (nSPS) is 12.2. The maximum Gasteiger partial charge on any atom is 0.344 e. The molecule has 1 rings (SSSR count). The van der Waals surface area contributed by atoms with Gasteiger partial charge in [-0.3, -0.25) is 0 Å². The number of aliphatic carboxylic acids is 1. The van der Waals surface area contributed by atoms with E-state index in [1.165, 1.54) is 0 Å². The lowest BCUT2D eigenvalue weighted by Gasteiger charge is -2.15. The molecule has 4 heteroatoms. The fourth-order valence-electron chi connectivity index (χ4n) is 1.68. The first-order chi connectivity index (χ1) is 8.58. The highest BCUT2D eigenvalue weighted by Gasteiger charge is 2.18. The second-order valence-electron chi connectivity index (χ2n) is 4.19. The van der Waals surface area contributed by atoms with E-state index in [1.54, 1.807) is 12.1 Å². The van der Waals surface area contributed by atoms with Gasteiger partial charge in [0.05, 0.1) is 0 Å². The maximum atomic E-state index is 11.1. The van der Waals surface area contributed by atoms with Gasteiger partial charge in [-0.2, -0.15) is 0 Å². The number of hydrogen-bond acceptors (Lipinski definition) is 2. The standard InChI is InChI=1S/C14H19ClO3/c1-3-5-6-13(14(16)17)18-11-7-8-12(15)10(4-2)9-11/h7-9,13H,3-6H2,1-2H3,(H,16,17). The molecule has 0 fully saturated rings. The number of unbranched alkanes of at least 4 members (excludes halogenated alkanes) is 1. The molecule has 1 aromatic carbocycles. The largest absolute Gasteiger partial charge is 0.479 e. The second kappa shape index (κ2) is 7.27. The summed E-state index contributed by atoms with van der Waals surface area (Å²) in [6.07, 6.45) is 2.33. The highest BCUT2D eigenvalue weighted by Crippen LogP contribution is 2.24. The van der Waals surface area contributed by atoms with Gasteiger partial charge in [0, 0.05) is 5.02 Å². The lowest BCUT2D eigenvalue weighted by atomic mass is 10.1. The molecule has 1 N–H and O–H groups in total. The van der Waals surface area contributed by atoms with E-state index in [-0.39, 0.29) is 0 Å². The average Bonchev–Trinajstić information content (AvgIpc) is 2.36. The van der Waals surface area contributed by atoms with Crippen molar-refractivity contribution < 1.29 is 14.6 Å². The molecule has 0 aromatic heterocycles. The second-order valence-corrected chi connectivity index (χ2v) is 4.60. The maximum absolute atomic E-state index is 11.1. The summed E-state index contributed by atoms with van der Waals surface area (Å²) in [6, 6.07) is 5.27. The van der Waals surface area contributed by atoms with E-state index in [0.29, 0.717) is 17.2 Å². The van der Waals surface area contributed by atoms with Crippen LogP contribution in [0, 0.1) is 0 Å². The molecule has 0 aliphatic heterocycles. The molecule has 100 valence electrons. The number of hydrogen-bond donors (Lipinski definition) is 1. The first kappa shape index (κ1) is 14.8. The van der Waals surface area contributed by atoms with Crippen molar-refractivity contribution >= 4 is 17.6 Å². The number of halogens is 1. The summed E-state index contributed by atoms with van der Waals surface area (Å²) >= 11 is 6.01. The van der Waals surface area contributed by atoms with Crippen LogP contribution in [0.5, 0.6) is 5.75 Å². The molecule has 0 aliphatic rings. The van der Waals surface area contributed by atoms with Crippen LogP contribution in [0.25, 0.3) is 0 Å². The van der Waals surface area contributed by atoms with Crippen LogP contribution in [-0.2, 0) is 11.2 Å². The molecule has 0 radical (unpaired) electrons. The summed E-state index contributed by atoms with van der Waals surface area (Å²) in [5.41, 5.74) is 0.966. The summed E-state index contributed by atoms with van der Waals surface area (Å²) < 4.78 is 5.52. The number of carboxylic acid groups (broad SMARTS) is 1. The first-order valence-corrected chi connectivity index (χ1v) is 6.64. The molecule has 3 nitrogen and oxygen atoms in total. The lowest BCUT2D eigenvalue weighted by molar-refractivity contribution is -0.145. The fourth-order valence-corrected chi connectivity index (χ4v) is 1.93. The SMILES string of the molecule is CCCCC(Oc1ccc(Cl)c(CC)c1)C(=O)O. The molecule has 0 saturated heterocycles. The van der Waals surface area contributed by atoms with Gasteiger partial charge in [-0.05, 0) is 43.0 Å². The molecule has 0 aliphatic carbocycles. The van der Waals surface area contributed by atoms with Gasteiger partial charge in [-0.1, -0.05) is 31.9 Å². The highest BCUT2D eigenvalue weighted by atomic mass is 35.5. The van der Waals surface area contributed by atoms with Crippen molar-refractivity contribution in [3.05, 3.63) is 28.8 Å². The molecule has 0 spiro atoms. The van der Waals surface area contributed by atoms with E-state index in [9.17, 15) is 4.79 Å². The number of rotatable bonds is 7. The molecule has 1 unspecified atom stereocenters. The van der Waals surface area contributed by atoms with Gasteiger partial charge >= 0.3 is 5.97 Å². The van der Waals surface area contributed by atoms with Crippen molar-refractivity contribution in [1.29, 1.82) is 0 Å². The lowest BCUT2D eigenvalue weighted by Crippen LogP contribution is -2.26. The first-order valence-electron chi connectivity index (χ1n) is 6.26. The predicted octanol–water partition coefficient (Wildman–Crippen LogP) is 3.92. The van der Waals surface area contributed by atoms with Gasteiger partial charge in [0.15, 0.2) is 6.10 Å². The number of benzene rings is 1. The van der Waals surface area contributed by atoms with Crippen LogP contribution < -0.4 is 4.74 Å². The van der Waals surface area contributed by atoms with Crippen LogP contribution in [0.4, 0.5) is 0 Å². The summed E-state index contributed by atoms with van der Waals surface area (Å²) in [4.78, 5) is 11.1. The van der Waals surface area contributed by atoms with E-state index >= 15 is 0 Å². The zero-order chi connectivity index (χ0) is 13.5. The fraction of sp³-hybridized carbons (Fsp3) is 0.500. The smallest absolute Gasteiger partial charge is 0.344 e. The van der Waals surface area contributed by atoms with Crippen molar-refractivity contribution in [2.75, 3.05) is 0 Å². The van der Waals surface area contributed by atoms with Gasteiger partial charge in [-0.25, -0.2) is 4.79 Å². The molecule has 18 heavy (non-hydrogen) atoms. The van der Waals surface area contributed by atoms with Gasteiger partial charge in [-0.15, -0.1) is 0 Å². The van der Waals surface area contributed by atoms with Crippen molar-refractivity contribution in [3.8, 4) is 5.75 Å². The van der Waals surface area contributed by atoms with Crippen LogP contribution in [0.2, 0.25) is 5.02 Å². The van der Waals surface area contributed by atoms with Crippen LogP contribution in [0.15, 0.2) is 18.2 Å². The molecule has 1 atom stereocenters. The Labute approximate surface area is 113 Å². The Morgan fingerprint density at radius 2 is 2.17 bits per heavy atom. The Hall–Kier alpha value is -1.22. The molecule has 0 bridgehead atoms. The van der Waals surface area contributed by atoms with Crippen molar-refractivity contribution in [1.82, 2.24) is 0 Å². The number of ether oxygens (including phenoxy) is 1. The summed E-state index contributed by atoms with van der Waals surface area (Å²) in [5, 5.41) is 9.78. The summed E-state index contributed by atoms with van der Waals surface area (Å²) in [7, 11) is 0. The van der Waals surface area contributed by atoms with Crippen LogP contribution in [0.1, 0.15) is 38.7 Å². The highest BCUT2D eigenvalue weighted by molar-refractivity contribution is 6.31. The molecular weight excluding hydrogens is 252 g/mol. The zero-order valence-electron chi connectivity index (χ0n) is 10.8. The minimum Gasteiger partial charge on any atom is -0.479 e. The molecule has 0 amide bonds. The Morgan fingerprint density at radius 3 is 2.72 bits per heavy atom. The van der Waals surface area contributed by atoms with Crippen molar-refractivity contribution in [2.45, 2.75) is 45.6 Å². The zero-order valence-corrected chi connectivity index (χ0v) is 11.5. The van der Waals surface area contributed by atoms with E-state index < -0.39 is 12.1 Å². The molecule has 0 heterocycles. The minimum absolute atomic E-state index is 0.524. The van der Waals surface area contributed by atoms with Gasteiger partial charge in [0.1, 0.15) is 5.75 Å². The van der Waals surface area contributed by atoms with Crippen molar-refractivity contribution in [3.63, 3.8) is 0 Å². The van der Waals surface area contributed by atoms with Crippen LogP contribution >= 0.6 is 11.6 Å². The van der Waals surface area contributed by atoms with E-state index in [0.717, 1.165) is 24.8 Å². The monoisotopic (exact) mass is 270 g/mol. The number of aryl methyl sites for hydroxylation is 1. The summed E-state index contributed by atoms with van der Waals surface area (Å²) in [6.45, 7) is 4.02. The third kappa shape index (κ3) is 4.22.